The van der Waals surface area contributed by atoms with Crippen LogP contribution < -0.4 is 0 Å². The van der Waals surface area contributed by atoms with Crippen molar-refractivity contribution < 1.29 is 9.53 Å². The molecular weight excluding hydrogens is 240 g/mol. The molecule has 0 spiro atoms. The molecule has 1 aliphatic carbocycles. The van der Waals surface area contributed by atoms with Crippen molar-refractivity contribution in [3.05, 3.63) is 47.3 Å². The maximum Gasteiger partial charge on any atom is 0.359 e. The van der Waals surface area contributed by atoms with E-state index in [2.05, 4.69) is 5.10 Å². The number of ether oxygens (including phenoxy) is 1. The fourth-order valence-corrected chi connectivity index (χ4v) is 2.58. The van der Waals surface area contributed by atoms with E-state index >= 15 is 0 Å². The molecule has 0 saturated heterocycles. The van der Waals surface area contributed by atoms with Gasteiger partial charge in [0.25, 0.3) is 0 Å². The van der Waals surface area contributed by atoms with Crippen LogP contribution in [-0.4, -0.2) is 22.4 Å². The zero-order valence-corrected chi connectivity index (χ0v) is 10.9. The molecule has 2 aromatic rings. The van der Waals surface area contributed by atoms with Gasteiger partial charge in [-0.3, -0.25) is 0 Å². The molecule has 1 aromatic carbocycles. The minimum atomic E-state index is -0.310. The summed E-state index contributed by atoms with van der Waals surface area (Å²) in [7, 11) is 0. The van der Waals surface area contributed by atoms with E-state index in [1.54, 1.807) is 0 Å². The summed E-state index contributed by atoms with van der Waals surface area (Å²) in [5.41, 5.74) is 3.69. The number of rotatable bonds is 3. The van der Waals surface area contributed by atoms with Crippen LogP contribution in [0.1, 0.15) is 35.1 Å². The number of carbonyl (C=O) groups is 1. The first-order valence-corrected chi connectivity index (χ1v) is 6.64. The largest absolute Gasteiger partial charge is 0.461 e. The number of esters is 1. The summed E-state index contributed by atoms with van der Waals surface area (Å²) in [6, 6.07) is 9.92. The Morgan fingerprint density at radius 3 is 2.84 bits per heavy atom. The van der Waals surface area contributed by atoms with Gasteiger partial charge < -0.3 is 4.74 Å². The van der Waals surface area contributed by atoms with Gasteiger partial charge in [-0.1, -0.05) is 18.2 Å². The van der Waals surface area contributed by atoms with Crippen molar-refractivity contribution in [3.63, 3.8) is 0 Å². The number of carbonyl (C=O) groups excluding carboxylic acids is 1. The third-order valence-electron chi connectivity index (χ3n) is 3.40. The lowest BCUT2D eigenvalue weighted by Gasteiger charge is -2.04. The third kappa shape index (κ3) is 2.03. The van der Waals surface area contributed by atoms with Gasteiger partial charge in [0.05, 0.1) is 12.3 Å². The maximum absolute atomic E-state index is 12.0. The number of nitrogens with zero attached hydrogens (tertiary/aromatic N) is 2. The Bertz CT molecular complexity index is 602. The predicted molar refractivity (Wildman–Crippen MR) is 71.5 cm³/mol. The van der Waals surface area contributed by atoms with E-state index in [0.29, 0.717) is 12.3 Å². The summed E-state index contributed by atoms with van der Waals surface area (Å²) >= 11 is 0. The van der Waals surface area contributed by atoms with Crippen molar-refractivity contribution in [1.29, 1.82) is 0 Å². The van der Waals surface area contributed by atoms with Gasteiger partial charge in [-0.15, -0.1) is 0 Å². The number of fused-ring (bicyclic) bond motifs is 1. The van der Waals surface area contributed by atoms with Gasteiger partial charge in [0.15, 0.2) is 5.69 Å². The topological polar surface area (TPSA) is 44.1 Å². The van der Waals surface area contributed by atoms with E-state index in [0.717, 1.165) is 36.2 Å². The summed E-state index contributed by atoms with van der Waals surface area (Å²) in [4.78, 5) is 12.0. The van der Waals surface area contributed by atoms with Crippen LogP contribution in [0, 0.1) is 0 Å². The van der Waals surface area contributed by atoms with Crippen LogP contribution in [0.25, 0.3) is 5.69 Å². The first-order valence-electron chi connectivity index (χ1n) is 6.64. The molecule has 0 radical (unpaired) electrons. The molecule has 0 unspecified atom stereocenters. The number of aromatic nitrogens is 2. The highest BCUT2D eigenvalue weighted by Gasteiger charge is 2.27. The standard InChI is InChI=1S/C15H16N2O2/c1-2-19-15(18)14-12-9-6-10-13(12)17(16-14)11-7-4-3-5-8-11/h3-5,7-8H,2,6,9-10H2,1H3. The molecule has 4 heteroatoms. The van der Waals surface area contributed by atoms with Crippen LogP contribution in [0.2, 0.25) is 0 Å². The van der Waals surface area contributed by atoms with Gasteiger partial charge in [0.1, 0.15) is 0 Å². The van der Waals surface area contributed by atoms with E-state index in [1.165, 1.54) is 0 Å². The van der Waals surface area contributed by atoms with E-state index in [9.17, 15) is 4.79 Å². The molecule has 1 aliphatic rings. The van der Waals surface area contributed by atoms with Crippen LogP contribution in [0.3, 0.4) is 0 Å². The SMILES string of the molecule is CCOC(=O)c1nn(-c2ccccc2)c2c1CCC2. The Kier molecular flexibility index (Phi) is 3.07. The number of benzene rings is 1. The lowest BCUT2D eigenvalue weighted by atomic mass is 10.2. The van der Waals surface area contributed by atoms with Crippen molar-refractivity contribution in [2.75, 3.05) is 6.61 Å². The third-order valence-corrected chi connectivity index (χ3v) is 3.40. The van der Waals surface area contributed by atoms with E-state index in [-0.39, 0.29) is 5.97 Å². The Morgan fingerprint density at radius 2 is 2.11 bits per heavy atom. The molecule has 98 valence electrons. The molecule has 0 aliphatic heterocycles. The van der Waals surface area contributed by atoms with E-state index in [4.69, 9.17) is 4.74 Å². The fraction of sp³-hybridized carbons (Fsp3) is 0.333. The van der Waals surface area contributed by atoms with Gasteiger partial charge in [0, 0.05) is 11.3 Å². The highest BCUT2D eigenvalue weighted by molar-refractivity contribution is 5.89. The minimum absolute atomic E-state index is 0.310. The summed E-state index contributed by atoms with van der Waals surface area (Å²) in [6.07, 6.45) is 2.96. The summed E-state index contributed by atoms with van der Waals surface area (Å²) < 4.78 is 6.97. The lowest BCUT2D eigenvalue weighted by molar-refractivity contribution is 0.0517. The average Bonchev–Trinajstić information content (AvgIpc) is 3.01. The molecule has 19 heavy (non-hydrogen) atoms. The van der Waals surface area contributed by atoms with Crippen LogP contribution >= 0.6 is 0 Å². The first-order chi connectivity index (χ1) is 9.31. The summed E-state index contributed by atoms with van der Waals surface area (Å²) in [5.74, 6) is -0.310. The molecule has 4 nitrogen and oxygen atoms in total. The molecule has 1 heterocycles. The van der Waals surface area contributed by atoms with Gasteiger partial charge >= 0.3 is 5.97 Å². The van der Waals surface area contributed by atoms with Crippen LogP contribution in [-0.2, 0) is 17.6 Å². The zero-order valence-electron chi connectivity index (χ0n) is 10.9. The monoisotopic (exact) mass is 256 g/mol. The van der Waals surface area contributed by atoms with Crippen molar-refractivity contribution >= 4 is 5.97 Å². The molecular formula is C15H16N2O2. The predicted octanol–water partition coefficient (Wildman–Crippen LogP) is 2.54. The van der Waals surface area contributed by atoms with Gasteiger partial charge in [-0.05, 0) is 38.3 Å². The quantitative estimate of drug-likeness (QED) is 0.793. The maximum atomic E-state index is 12.0. The highest BCUT2D eigenvalue weighted by atomic mass is 16.5. The molecule has 0 atom stereocenters. The highest BCUT2D eigenvalue weighted by Crippen LogP contribution is 2.28. The van der Waals surface area contributed by atoms with Crippen molar-refractivity contribution in [3.8, 4) is 5.69 Å². The Balaban J connectivity index is 2.08. The lowest BCUT2D eigenvalue weighted by Crippen LogP contribution is -2.09. The van der Waals surface area contributed by atoms with Crippen molar-refractivity contribution in [1.82, 2.24) is 9.78 Å². The summed E-state index contributed by atoms with van der Waals surface area (Å²) in [6.45, 7) is 2.19. The van der Waals surface area contributed by atoms with Gasteiger partial charge in [-0.25, -0.2) is 9.48 Å². The minimum Gasteiger partial charge on any atom is -0.461 e. The Labute approximate surface area is 112 Å². The van der Waals surface area contributed by atoms with Crippen molar-refractivity contribution in [2.45, 2.75) is 26.2 Å². The number of hydrogen-bond acceptors (Lipinski definition) is 3. The molecule has 3 rings (SSSR count). The van der Waals surface area contributed by atoms with E-state index < -0.39 is 0 Å². The van der Waals surface area contributed by atoms with Crippen LogP contribution in [0.4, 0.5) is 0 Å². The van der Waals surface area contributed by atoms with E-state index in [1.807, 2.05) is 41.9 Å². The second-order valence-electron chi connectivity index (χ2n) is 4.60. The second-order valence-corrected chi connectivity index (χ2v) is 4.60. The zero-order chi connectivity index (χ0) is 13.2. The first kappa shape index (κ1) is 12.0. The van der Waals surface area contributed by atoms with Gasteiger partial charge in [0.2, 0.25) is 0 Å². The second kappa shape index (κ2) is 4.88. The summed E-state index contributed by atoms with van der Waals surface area (Å²) in [5, 5.41) is 4.46. The average molecular weight is 256 g/mol. The molecule has 0 amide bonds. The number of para-hydroxylation sites is 1. The molecule has 0 fully saturated rings. The normalized spacial score (nSPS) is 13.3. The van der Waals surface area contributed by atoms with Crippen LogP contribution in [0.5, 0.6) is 0 Å². The van der Waals surface area contributed by atoms with Crippen molar-refractivity contribution in [2.24, 2.45) is 0 Å². The molecule has 0 bridgehead atoms. The molecule has 0 saturated carbocycles. The van der Waals surface area contributed by atoms with Gasteiger partial charge in [-0.2, -0.15) is 5.10 Å². The molecule has 1 aromatic heterocycles. The molecule has 0 N–H and O–H groups in total. The van der Waals surface area contributed by atoms with Crippen LogP contribution in [0.15, 0.2) is 30.3 Å². The number of hydrogen-bond donors (Lipinski definition) is 0. The fourth-order valence-electron chi connectivity index (χ4n) is 2.58. The smallest absolute Gasteiger partial charge is 0.359 e. The Hall–Kier alpha value is -2.10. The Morgan fingerprint density at radius 1 is 1.32 bits per heavy atom.